The smallest absolute Gasteiger partial charge is 0.0362 e. The van der Waals surface area contributed by atoms with Gasteiger partial charge in [-0.3, -0.25) is 4.67 Å². The van der Waals surface area contributed by atoms with Gasteiger partial charge in [0.15, 0.2) is 0 Å². The Balaban J connectivity index is 1.52. The number of rotatable bonds is 8. The van der Waals surface area contributed by atoms with Gasteiger partial charge in [0.1, 0.15) is 0 Å². The Kier molecular flexibility index (Phi) is 7.70. The summed E-state index contributed by atoms with van der Waals surface area (Å²) in [5.41, 5.74) is 1.48. The van der Waals surface area contributed by atoms with Crippen LogP contribution in [0.15, 0.2) is 144 Å². The molecule has 0 radical (unpaired) electrons. The van der Waals surface area contributed by atoms with Crippen molar-refractivity contribution in [2.45, 2.75) is 19.4 Å². The molecule has 174 valence electrons. The molecule has 3 heteroatoms. The Bertz CT molecular complexity index is 1210. The molecule has 1 atom stereocenters. The molecule has 4 aromatic carbocycles. The van der Waals surface area contributed by atoms with Crippen LogP contribution in [-0.4, -0.2) is 17.8 Å². The van der Waals surface area contributed by atoms with Gasteiger partial charge in [0.2, 0.25) is 0 Å². The molecule has 0 bridgehead atoms. The van der Waals surface area contributed by atoms with Crippen LogP contribution in [-0.2, 0) is 0 Å². The van der Waals surface area contributed by atoms with E-state index in [1.165, 1.54) is 32.1 Å². The lowest BCUT2D eigenvalue weighted by Crippen LogP contribution is -2.34. The minimum atomic E-state index is -0.642. The van der Waals surface area contributed by atoms with E-state index in [-0.39, 0.29) is 0 Å². The average Bonchev–Trinajstić information content (AvgIpc) is 3.40. The Labute approximate surface area is 212 Å². The molecule has 0 fully saturated rings. The molecule has 0 N–H and O–H groups in total. The molecule has 0 aromatic heterocycles. The predicted octanol–water partition coefficient (Wildman–Crippen LogP) is 6.70. The minimum absolute atomic E-state index is 0.299. The quantitative estimate of drug-likeness (QED) is 0.248. The maximum atomic E-state index is 2.61. The Hall–Kier alpha value is -2.82. The number of likely N-dealkylation sites (N-methyl/N-ethyl adjacent to an activating group) is 1. The van der Waals surface area contributed by atoms with Crippen molar-refractivity contribution in [2.75, 3.05) is 7.05 Å². The van der Waals surface area contributed by atoms with Gasteiger partial charge in [-0.15, -0.1) is 0 Å². The fraction of sp³-hybridized carbons (Fsp3) is 0.125. The first kappa shape index (κ1) is 23.9. The zero-order valence-corrected chi connectivity index (χ0v) is 22.1. The van der Waals surface area contributed by atoms with Gasteiger partial charge in [0, 0.05) is 14.1 Å². The van der Waals surface area contributed by atoms with E-state index in [1.807, 2.05) is 0 Å². The number of benzene rings is 4. The highest BCUT2D eigenvalue weighted by Gasteiger charge is 2.31. The zero-order chi connectivity index (χ0) is 24.0. The van der Waals surface area contributed by atoms with E-state index in [2.05, 4.69) is 152 Å². The third-order valence-corrected chi connectivity index (χ3v) is 11.6. The second kappa shape index (κ2) is 11.3. The fourth-order valence-corrected chi connectivity index (χ4v) is 9.76. The largest absolute Gasteiger partial charge is 0.271 e. The van der Waals surface area contributed by atoms with Crippen molar-refractivity contribution < 1.29 is 0 Å². The Morgan fingerprint density at radius 1 is 0.571 bits per heavy atom. The first-order valence-electron chi connectivity index (χ1n) is 12.2. The van der Waals surface area contributed by atoms with Crippen LogP contribution in [0.5, 0.6) is 0 Å². The first-order chi connectivity index (χ1) is 17.2. The molecular weight excluding hydrogens is 460 g/mol. The van der Waals surface area contributed by atoms with Gasteiger partial charge in [-0.25, -0.2) is 0 Å². The molecule has 4 aromatic rings. The lowest BCUT2D eigenvalue weighted by atomic mass is 10.1. The standard InChI is InChI=1S/C32H31NP2/c1-26(33(2)35(29-20-11-5-12-21-29)30-22-13-6-14-23-30)31-24-15-25-32(31)34(27-16-7-3-8-17-27)28-18-9-4-10-19-28/h3-14,16-26H,15H2,1-2H3/t26-/m1/s1. The van der Waals surface area contributed by atoms with Crippen LogP contribution >= 0.6 is 16.0 Å². The number of nitrogens with zero attached hydrogens (tertiary/aromatic N) is 1. The van der Waals surface area contributed by atoms with Gasteiger partial charge in [0.05, 0.1) is 0 Å². The van der Waals surface area contributed by atoms with Crippen molar-refractivity contribution in [3.63, 3.8) is 0 Å². The predicted molar refractivity (Wildman–Crippen MR) is 156 cm³/mol. The van der Waals surface area contributed by atoms with Crippen molar-refractivity contribution >= 4 is 37.2 Å². The van der Waals surface area contributed by atoms with Gasteiger partial charge in [-0.05, 0) is 60.4 Å². The van der Waals surface area contributed by atoms with Gasteiger partial charge in [-0.2, -0.15) is 0 Å². The fourth-order valence-electron chi connectivity index (χ4n) is 4.73. The number of hydrogen-bond acceptors (Lipinski definition) is 1. The Morgan fingerprint density at radius 2 is 0.971 bits per heavy atom. The molecule has 0 unspecified atom stereocenters. The third kappa shape index (κ3) is 5.24. The minimum Gasteiger partial charge on any atom is -0.271 e. The molecule has 1 aliphatic carbocycles. The van der Waals surface area contributed by atoms with Crippen molar-refractivity contribution in [2.24, 2.45) is 0 Å². The van der Waals surface area contributed by atoms with Crippen LogP contribution in [0.1, 0.15) is 13.3 Å². The van der Waals surface area contributed by atoms with E-state index >= 15 is 0 Å². The molecule has 1 aliphatic rings. The van der Waals surface area contributed by atoms with Gasteiger partial charge in [0.25, 0.3) is 0 Å². The number of hydrogen-bond donors (Lipinski definition) is 0. The molecule has 0 saturated heterocycles. The van der Waals surface area contributed by atoms with Crippen LogP contribution in [0.4, 0.5) is 0 Å². The molecule has 0 heterocycles. The zero-order valence-electron chi connectivity index (χ0n) is 20.3. The molecule has 0 saturated carbocycles. The summed E-state index contributed by atoms with van der Waals surface area (Å²) < 4.78 is 2.61. The van der Waals surface area contributed by atoms with Crippen molar-refractivity contribution in [1.29, 1.82) is 0 Å². The van der Waals surface area contributed by atoms with E-state index in [0.717, 1.165) is 6.42 Å². The summed E-state index contributed by atoms with van der Waals surface area (Å²) in [4.78, 5) is 0. The second-order valence-corrected chi connectivity index (χ2v) is 13.2. The maximum Gasteiger partial charge on any atom is 0.0362 e. The van der Waals surface area contributed by atoms with Crippen molar-refractivity contribution in [1.82, 2.24) is 4.67 Å². The van der Waals surface area contributed by atoms with Gasteiger partial charge >= 0.3 is 0 Å². The lowest BCUT2D eigenvalue weighted by Gasteiger charge is -2.36. The molecule has 0 aliphatic heterocycles. The third-order valence-electron chi connectivity index (χ3n) is 6.54. The SMILES string of the molecule is C[C@H](C1=CCC=C1P(c1ccccc1)c1ccccc1)N(C)P(c1ccccc1)c1ccccc1. The van der Waals surface area contributed by atoms with E-state index in [0.29, 0.717) is 6.04 Å². The van der Waals surface area contributed by atoms with Crippen LogP contribution in [0.25, 0.3) is 0 Å². The second-order valence-electron chi connectivity index (χ2n) is 8.72. The van der Waals surface area contributed by atoms with Gasteiger partial charge < -0.3 is 0 Å². The van der Waals surface area contributed by atoms with Gasteiger partial charge in [-0.1, -0.05) is 133 Å². The summed E-state index contributed by atoms with van der Waals surface area (Å²) in [6.07, 6.45) is 5.94. The van der Waals surface area contributed by atoms with Crippen LogP contribution in [0, 0.1) is 0 Å². The summed E-state index contributed by atoms with van der Waals surface area (Å²) in [7, 11) is 1.06. The topological polar surface area (TPSA) is 3.24 Å². The highest BCUT2D eigenvalue weighted by molar-refractivity contribution is 7.77. The van der Waals surface area contributed by atoms with E-state index < -0.39 is 16.0 Å². The monoisotopic (exact) mass is 491 g/mol. The highest BCUT2D eigenvalue weighted by Crippen LogP contribution is 2.52. The summed E-state index contributed by atoms with van der Waals surface area (Å²) in [6.45, 7) is 2.38. The lowest BCUT2D eigenvalue weighted by molar-refractivity contribution is 0.485. The summed E-state index contributed by atoms with van der Waals surface area (Å²) in [6, 6.07) is 44.4. The van der Waals surface area contributed by atoms with Crippen LogP contribution in [0.3, 0.4) is 0 Å². The van der Waals surface area contributed by atoms with Crippen molar-refractivity contribution in [3.8, 4) is 0 Å². The first-order valence-corrected chi connectivity index (χ1v) is 14.8. The van der Waals surface area contributed by atoms with E-state index in [1.54, 1.807) is 0 Å². The van der Waals surface area contributed by atoms with Crippen LogP contribution in [0.2, 0.25) is 0 Å². The highest BCUT2D eigenvalue weighted by atomic mass is 31.1. The molecule has 1 nitrogen and oxygen atoms in total. The van der Waals surface area contributed by atoms with E-state index in [9.17, 15) is 0 Å². The maximum absolute atomic E-state index is 2.61. The molecule has 0 spiro atoms. The molecule has 35 heavy (non-hydrogen) atoms. The molecule has 0 amide bonds. The summed E-state index contributed by atoms with van der Waals surface area (Å²) in [5.74, 6) is 0. The Morgan fingerprint density at radius 3 is 1.40 bits per heavy atom. The molecular formula is C32H31NP2. The number of allylic oxidation sites excluding steroid dienone is 2. The summed E-state index contributed by atoms with van der Waals surface area (Å²) in [5, 5.41) is 7.11. The van der Waals surface area contributed by atoms with Crippen LogP contribution < -0.4 is 21.2 Å². The van der Waals surface area contributed by atoms with E-state index in [4.69, 9.17) is 0 Å². The normalized spacial score (nSPS) is 14.3. The summed E-state index contributed by atoms with van der Waals surface area (Å²) >= 11 is 0. The van der Waals surface area contributed by atoms with Crippen molar-refractivity contribution in [3.05, 3.63) is 144 Å². The average molecular weight is 492 g/mol. The molecule has 5 rings (SSSR count).